The van der Waals surface area contributed by atoms with Crippen molar-refractivity contribution in [2.75, 3.05) is 5.73 Å². The Hall–Kier alpha value is -2.12. The fraction of sp³-hybridized carbons (Fsp3) is 0.133. The molecule has 0 saturated carbocycles. The van der Waals surface area contributed by atoms with E-state index in [1.807, 2.05) is 31.2 Å². The Morgan fingerprint density at radius 3 is 2.53 bits per heavy atom. The first kappa shape index (κ1) is 13.3. The first-order valence-corrected chi connectivity index (χ1v) is 7.15. The first-order chi connectivity index (χ1) is 9.10. The Morgan fingerprint density at radius 1 is 1.21 bits per heavy atom. The van der Waals surface area contributed by atoms with Gasteiger partial charge in [0.25, 0.3) is 0 Å². The van der Waals surface area contributed by atoms with Gasteiger partial charge in [0.05, 0.1) is 33.1 Å². The van der Waals surface area contributed by atoms with Crippen LogP contribution in [0.15, 0.2) is 47.4 Å². The lowest BCUT2D eigenvalue weighted by atomic mass is 10.2. The fourth-order valence-electron chi connectivity index (χ4n) is 1.74. The summed E-state index contributed by atoms with van der Waals surface area (Å²) in [5.41, 5.74) is 8.98. The van der Waals surface area contributed by atoms with Crippen molar-refractivity contribution in [3.05, 3.63) is 59.2 Å². The molecule has 0 fully saturated rings. The van der Waals surface area contributed by atoms with Crippen LogP contribution in [0.5, 0.6) is 0 Å². The average molecular weight is 270 g/mol. The van der Waals surface area contributed by atoms with Gasteiger partial charge in [0.1, 0.15) is 0 Å². The van der Waals surface area contributed by atoms with Crippen LogP contribution in [0.3, 0.4) is 0 Å². The molecule has 19 heavy (non-hydrogen) atoms. The molecule has 0 aliphatic carbocycles. The highest BCUT2D eigenvalue weighted by molar-refractivity contribution is 7.84. The second-order valence-electron chi connectivity index (χ2n) is 4.34. The van der Waals surface area contributed by atoms with E-state index in [9.17, 15) is 4.21 Å². The highest BCUT2D eigenvalue weighted by Gasteiger charge is 2.09. The maximum atomic E-state index is 12.3. The number of rotatable bonds is 3. The molecule has 0 amide bonds. The number of anilines is 1. The zero-order valence-electron chi connectivity index (χ0n) is 10.6. The molecule has 0 bridgehead atoms. The van der Waals surface area contributed by atoms with Gasteiger partial charge in [0.2, 0.25) is 0 Å². The van der Waals surface area contributed by atoms with E-state index in [4.69, 9.17) is 11.0 Å². The molecule has 0 aliphatic rings. The molecule has 2 aromatic carbocycles. The third-order valence-electron chi connectivity index (χ3n) is 2.80. The van der Waals surface area contributed by atoms with Crippen molar-refractivity contribution < 1.29 is 4.21 Å². The molecular weight excluding hydrogens is 256 g/mol. The van der Waals surface area contributed by atoms with Gasteiger partial charge in [-0.3, -0.25) is 4.21 Å². The van der Waals surface area contributed by atoms with E-state index in [2.05, 4.69) is 6.07 Å². The summed E-state index contributed by atoms with van der Waals surface area (Å²) in [4.78, 5) is 0.671. The first-order valence-electron chi connectivity index (χ1n) is 5.83. The summed E-state index contributed by atoms with van der Waals surface area (Å²) in [7, 11) is -1.17. The Balaban J connectivity index is 2.21. The number of hydrogen-bond acceptors (Lipinski definition) is 3. The van der Waals surface area contributed by atoms with Crippen molar-refractivity contribution in [1.82, 2.24) is 0 Å². The number of nitriles is 1. The molecule has 2 aromatic rings. The van der Waals surface area contributed by atoms with E-state index in [0.717, 1.165) is 11.1 Å². The molecule has 0 radical (unpaired) electrons. The minimum atomic E-state index is -1.17. The molecule has 96 valence electrons. The summed E-state index contributed by atoms with van der Waals surface area (Å²) in [5, 5.41) is 8.73. The van der Waals surface area contributed by atoms with Crippen LogP contribution in [0.1, 0.15) is 16.7 Å². The molecule has 0 heterocycles. The molecule has 0 aromatic heterocycles. The SMILES string of the molecule is Cc1ccc(N)c(S(=O)Cc2ccc(C#N)cc2)c1. The highest BCUT2D eigenvalue weighted by Crippen LogP contribution is 2.20. The second kappa shape index (κ2) is 5.68. The number of aryl methyl sites for hydroxylation is 1. The quantitative estimate of drug-likeness (QED) is 0.872. The van der Waals surface area contributed by atoms with E-state index in [1.165, 1.54) is 0 Å². The smallest absolute Gasteiger partial charge is 0.0991 e. The van der Waals surface area contributed by atoms with Crippen LogP contribution in [0.25, 0.3) is 0 Å². The van der Waals surface area contributed by atoms with Crippen LogP contribution in [-0.4, -0.2) is 4.21 Å². The van der Waals surface area contributed by atoms with Gasteiger partial charge in [0.15, 0.2) is 0 Å². The van der Waals surface area contributed by atoms with Gasteiger partial charge in [-0.2, -0.15) is 5.26 Å². The lowest BCUT2D eigenvalue weighted by Crippen LogP contribution is -2.01. The normalized spacial score (nSPS) is 11.8. The summed E-state index contributed by atoms with van der Waals surface area (Å²) < 4.78 is 12.3. The number of nitrogen functional groups attached to an aromatic ring is 1. The van der Waals surface area contributed by atoms with Gasteiger partial charge in [-0.15, -0.1) is 0 Å². The Kier molecular flexibility index (Phi) is 3.98. The zero-order valence-corrected chi connectivity index (χ0v) is 11.4. The summed E-state index contributed by atoms with van der Waals surface area (Å²) >= 11 is 0. The van der Waals surface area contributed by atoms with Gasteiger partial charge in [-0.05, 0) is 42.3 Å². The lowest BCUT2D eigenvalue weighted by molar-refractivity contribution is 0.683. The summed E-state index contributed by atoms with van der Waals surface area (Å²) in [6.45, 7) is 1.95. The predicted molar refractivity (Wildman–Crippen MR) is 76.9 cm³/mol. The molecule has 0 aliphatic heterocycles. The van der Waals surface area contributed by atoms with E-state index in [0.29, 0.717) is 21.9 Å². The molecule has 1 unspecified atom stereocenters. The van der Waals surface area contributed by atoms with E-state index >= 15 is 0 Å². The molecule has 1 atom stereocenters. The van der Waals surface area contributed by atoms with Crippen molar-refractivity contribution in [3.8, 4) is 6.07 Å². The molecule has 3 nitrogen and oxygen atoms in total. The zero-order chi connectivity index (χ0) is 13.8. The van der Waals surface area contributed by atoms with Gasteiger partial charge in [0, 0.05) is 5.69 Å². The number of hydrogen-bond donors (Lipinski definition) is 1. The average Bonchev–Trinajstić information content (AvgIpc) is 2.42. The van der Waals surface area contributed by atoms with Crippen molar-refractivity contribution >= 4 is 16.5 Å². The van der Waals surface area contributed by atoms with Gasteiger partial charge < -0.3 is 5.73 Å². The van der Waals surface area contributed by atoms with Crippen LogP contribution in [0.2, 0.25) is 0 Å². The predicted octanol–water partition coefficient (Wildman–Crippen LogP) is 2.76. The standard InChI is InChI=1S/C15H14N2OS/c1-11-2-7-14(17)15(8-11)19(18)10-13-5-3-12(9-16)4-6-13/h2-8H,10,17H2,1H3. The van der Waals surface area contributed by atoms with Gasteiger partial charge >= 0.3 is 0 Å². The number of benzene rings is 2. The van der Waals surface area contributed by atoms with E-state index in [-0.39, 0.29) is 0 Å². The second-order valence-corrected chi connectivity index (χ2v) is 5.76. The molecule has 4 heteroatoms. The fourth-order valence-corrected chi connectivity index (χ4v) is 3.04. The summed E-state index contributed by atoms with van der Waals surface area (Å²) in [5.74, 6) is 0.402. The van der Waals surface area contributed by atoms with Crippen molar-refractivity contribution in [1.29, 1.82) is 5.26 Å². The topological polar surface area (TPSA) is 66.9 Å². The van der Waals surface area contributed by atoms with Crippen molar-refractivity contribution in [2.45, 2.75) is 17.6 Å². The lowest BCUT2D eigenvalue weighted by Gasteiger charge is -2.07. The maximum absolute atomic E-state index is 12.3. The molecule has 0 saturated heterocycles. The van der Waals surface area contributed by atoms with Crippen LogP contribution in [0.4, 0.5) is 5.69 Å². The monoisotopic (exact) mass is 270 g/mol. The van der Waals surface area contributed by atoms with Gasteiger partial charge in [-0.25, -0.2) is 0 Å². The molecule has 2 N–H and O–H groups in total. The third-order valence-corrected chi connectivity index (χ3v) is 4.23. The van der Waals surface area contributed by atoms with E-state index < -0.39 is 10.8 Å². The minimum absolute atomic E-state index is 0.402. The highest BCUT2D eigenvalue weighted by atomic mass is 32.2. The van der Waals surface area contributed by atoms with Crippen LogP contribution in [0, 0.1) is 18.3 Å². The third kappa shape index (κ3) is 3.21. The summed E-state index contributed by atoms with van der Waals surface area (Å²) in [6, 6.07) is 14.7. The van der Waals surface area contributed by atoms with E-state index in [1.54, 1.807) is 18.2 Å². The van der Waals surface area contributed by atoms with Crippen molar-refractivity contribution in [3.63, 3.8) is 0 Å². The summed E-state index contributed by atoms with van der Waals surface area (Å²) in [6.07, 6.45) is 0. The minimum Gasteiger partial charge on any atom is -0.398 e. The van der Waals surface area contributed by atoms with Crippen LogP contribution in [-0.2, 0) is 16.6 Å². The Morgan fingerprint density at radius 2 is 1.89 bits per heavy atom. The van der Waals surface area contributed by atoms with Crippen LogP contribution < -0.4 is 5.73 Å². The maximum Gasteiger partial charge on any atom is 0.0991 e. The largest absolute Gasteiger partial charge is 0.398 e. The Labute approximate surface area is 115 Å². The van der Waals surface area contributed by atoms with Gasteiger partial charge in [-0.1, -0.05) is 18.2 Å². The molecular formula is C15H14N2OS. The van der Waals surface area contributed by atoms with Crippen molar-refractivity contribution in [2.24, 2.45) is 0 Å². The van der Waals surface area contributed by atoms with Crippen LogP contribution >= 0.6 is 0 Å². The molecule has 2 rings (SSSR count). The molecule has 0 spiro atoms. The number of nitrogens with two attached hydrogens (primary N) is 1. The number of nitrogens with zero attached hydrogens (tertiary/aromatic N) is 1. The Bertz CT molecular complexity index is 657.